The lowest BCUT2D eigenvalue weighted by Crippen LogP contribution is -2.19. The van der Waals surface area contributed by atoms with Gasteiger partial charge >= 0.3 is 0 Å². The Hall–Kier alpha value is -3.49. The van der Waals surface area contributed by atoms with Crippen molar-refractivity contribution in [3.63, 3.8) is 0 Å². The SMILES string of the molecule is CCOc1cc(/C=N/NC(=O)CSc2nc3ccccc3[nH]2)ccc1OCc1cccc(Cl)c1. The number of imidazole rings is 1. The third-order valence-electron chi connectivity index (χ3n) is 4.66. The number of hydrogen-bond donors (Lipinski definition) is 2. The Balaban J connectivity index is 1.31. The summed E-state index contributed by atoms with van der Waals surface area (Å²) in [6.07, 6.45) is 1.56. The molecule has 4 aromatic rings. The number of para-hydroxylation sites is 2. The van der Waals surface area contributed by atoms with Crippen LogP contribution in [-0.4, -0.2) is 34.4 Å². The number of halogens is 1. The van der Waals surface area contributed by atoms with Crippen molar-refractivity contribution in [2.24, 2.45) is 5.10 Å². The molecule has 0 aliphatic rings. The van der Waals surface area contributed by atoms with E-state index in [4.69, 9.17) is 21.1 Å². The normalized spacial score (nSPS) is 11.1. The van der Waals surface area contributed by atoms with Crippen LogP contribution in [0.5, 0.6) is 11.5 Å². The zero-order valence-electron chi connectivity index (χ0n) is 18.5. The van der Waals surface area contributed by atoms with Crippen molar-refractivity contribution in [1.29, 1.82) is 0 Å². The zero-order valence-corrected chi connectivity index (χ0v) is 20.0. The van der Waals surface area contributed by atoms with E-state index in [1.54, 1.807) is 6.21 Å². The van der Waals surface area contributed by atoms with Crippen molar-refractivity contribution in [3.8, 4) is 11.5 Å². The smallest absolute Gasteiger partial charge is 0.250 e. The molecular formula is C25H23ClN4O3S. The number of H-pyrrole nitrogens is 1. The molecule has 0 saturated heterocycles. The van der Waals surface area contributed by atoms with Crippen molar-refractivity contribution in [3.05, 3.63) is 82.9 Å². The molecule has 0 bridgehead atoms. The van der Waals surface area contributed by atoms with Gasteiger partial charge in [-0.15, -0.1) is 0 Å². The summed E-state index contributed by atoms with van der Waals surface area (Å²) < 4.78 is 11.6. The molecule has 4 rings (SSSR count). The van der Waals surface area contributed by atoms with Crippen molar-refractivity contribution in [2.75, 3.05) is 12.4 Å². The molecule has 0 unspecified atom stereocenters. The van der Waals surface area contributed by atoms with Gasteiger partial charge in [-0.2, -0.15) is 5.10 Å². The second-order valence-electron chi connectivity index (χ2n) is 7.20. The van der Waals surface area contributed by atoms with Crippen LogP contribution in [0.3, 0.4) is 0 Å². The molecule has 0 fully saturated rings. The fourth-order valence-corrected chi connectivity index (χ4v) is 4.01. The number of aromatic nitrogens is 2. The first-order valence-corrected chi connectivity index (χ1v) is 12.0. The summed E-state index contributed by atoms with van der Waals surface area (Å²) in [4.78, 5) is 19.8. The van der Waals surface area contributed by atoms with Crippen LogP contribution >= 0.6 is 23.4 Å². The first-order valence-electron chi connectivity index (χ1n) is 10.6. The van der Waals surface area contributed by atoms with Crippen LogP contribution in [0.4, 0.5) is 0 Å². The molecule has 3 aromatic carbocycles. The molecule has 0 radical (unpaired) electrons. The van der Waals surface area contributed by atoms with E-state index >= 15 is 0 Å². The summed E-state index contributed by atoms with van der Waals surface area (Å²) in [7, 11) is 0. The van der Waals surface area contributed by atoms with Gasteiger partial charge in [0.1, 0.15) is 6.61 Å². The van der Waals surface area contributed by atoms with Gasteiger partial charge in [-0.3, -0.25) is 4.79 Å². The second kappa shape index (κ2) is 11.6. The van der Waals surface area contributed by atoms with Gasteiger partial charge in [-0.1, -0.05) is 47.6 Å². The van der Waals surface area contributed by atoms with E-state index in [2.05, 4.69) is 20.5 Å². The maximum atomic E-state index is 12.1. The first-order chi connectivity index (χ1) is 16.6. The van der Waals surface area contributed by atoms with E-state index in [1.165, 1.54) is 11.8 Å². The molecule has 0 spiro atoms. The lowest BCUT2D eigenvalue weighted by molar-refractivity contribution is -0.118. The Morgan fingerprint density at radius 2 is 2.00 bits per heavy atom. The number of carbonyl (C=O) groups excluding carboxylic acids is 1. The number of hydrogen-bond acceptors (Lipinski definition) is 6. The summed E-state index contributed by atoms with van der Waals surface area (Å²) in [5.74, 6) is 1.18. The fraction of sp³-hybridized carbons (Fsp3) is 0.160. The van der Waals surface area contributed by atoms with Crippen LogP contribution in [-0.2, 0) is 11.4 Å². The number of fused-ring (bicyclic) bond motifs is 1. The van der Waals surface area contributed by atoms with Crippen LogP contribution < -0.4 is 14.9 Å². The first kappa shape index (κ1) is 23.7. The molecule has 1 heterocycles. The molecule has 1 aromatic heterocycles. The van der Waals surface area contributed by atoms with Gasteiger partial charge in [-0.25, -0.2) is 10.4 Å². The average Bonchev–Trinajstić information content (AvgIpc) is 3.26. The van der Waals surface area contributed by atoms with E-state index in [1.807, 2.05) is 73.7 Å². The summed E-state index contributed by atoms with van der Waals surface area (Å²) in [6.45, 7) is 2.76. The van der Waals surface area contributed by atoms with Gasteiger partial charge in [-0.05, 0) is 60.5 Å². The second-order valence-corrected chi connectivity index (χ2v) is 8.60. The predicted octanol–water partition coefficient (Wildman–Crippen LogP) is 5.44. The Kier molecular flexibility index (Phi) is 8.06. The number of nitrogens with zero attached hydrogens (tertiary/aromatic N) is 2. The minimum Gasteiger partial charge on any atom is -0.490 e. The van der Waals surface area contributed by atoms with Gasteiger partial charge in [0.25, 0.3) is 5.91 Å². The fourth-order valence-electron chi connectivity index (χ4n) is 3.12. The monoisotopic (exact) mass is 494 g/mol. The van der Waals surface area contributed by atoms with E-state index in [-0.39, 0.29) is 11.7 Å². The van der Waals surface area contributed by atoms with E-state index in [9.17, 15) is 4.79 Å². The number of benzene rings is 3. The molecule has 9 heteroatoms. The van der Waals surface area contributed by atoms with E-state index in [0.29, 0.717) is 34.9 Å². The minimum atomic E-state index is -0.229. The standard InChI is InChI=1S/C25H23ClN4O3S/c1-2-32-23-13-17(10-11-22(23)33-15-18-6-5-7-19(26)12-18)14-27-30-24(31)16-34-25-28-20-8-3-4-9-21(20)29-25/h3-14H,2,15-16H2,1H3,(H,28,29)(H,30,31)/b27-14+. The molecule has 1 amide bonds. The van der Waals surface area contributed by atoms with Crippen molar-refractivity contribution in [1.82, 2.24) is 15.4 Å². The average molecular weight is 495 g/mol. The predicted molar refractivity (Wildman–Crippen MR) is 136 cm³/mol. The highest BCUT2D eigenvalue weighted by Gasteiger charge is 2.08. The van der Waals surface area contributed by atoms with Gasteiger partial charge in [0.15, 0.2) is 16.7 Å². The zero-order chi connectivity index (χ0) is 23.8. The lowest BCUT2D eigenvalue weighted by Gasteiger charge is -2.12. The van der Waals surface area contributed by atoms with Crippen LogP contribution in [0.15, 0.2) is 77.0 Å². The molecule has 174 valence electrons. The maximum Gasteiger partial charge on any atom is 0.250 e. The Morgan fingerprint density at radius 1 is 1.12 bits per heavy atom. The third-order valence-corrected chi connectivity index (χ3v) is 5.77. The highest BCUT2D eigenvalue weighted by molar-refractivity contribution is 7.99. The molecule has 7 nitrogen and oxygen atoms in total. The summed E-state index contributed by atoms with van der Waals surface area (Å²) >= 11 is 7.35. The Labute approximate surface area is 206 Å². The maximum absolute atomic E-state index is 12.1. The number of thioether (sulfide) groups is 1. The van der Waals surface area contributed by atoms with Crippen LogP contribution in [0.25, 0.3) is 11.0 Å². The number of amides is 1. The number of hydrazone groups is 1. The molecule has 0 saturated carbocycles. The molecule has 0 aliphatic heterocycles. The highest BCUT2D eigenvalue weighted by atomic mass is 35.5. The van der Waals surface area contributed by atoms with E-state index in [0.717, 1.165) is 22.2 Å². The van der Waals surface area contributed by atoms with Crippen molar-refractivity contribution >= 4 is 46.5 Å². The molecule has 0 atom stereocenters. The van der Waals surface area contributed by atoms with Crippen LogP contribution in [0.1, 0.15) is 18.1 Å². The number of aromatic amines is 1. The molecule has 34 heavy (non-hydrogen) atoms. The molecule has 0 aliphatic carbocycles. The highest BCUT2D eigenvalue weighted by Crippen LogP contribution is 2.29. The van der Waals surface area contributed by atoms with E-state index < -0.39 is 0 Å². The topological polar surface area (TPSA) is 88.6 Å². The van der Waals surface area contributed by atoms with Gasteiger partial charge < -0.3 is 14.5 Å². The Morgan fingerprint density at radius 3 is 2.82 bits per heavy atom. The van der Waals surface area contributed by atoms with Gasteiger partial charge in [0.05, 0.1) is 29.6 Å². The van der Waals surface area contributed by atoms with Gasteiger partial charge in [0.2, 0.25) is 0 Å². The number of nitrogens with one attached hydrogen (secondary N) is 2. The number of carbonyl (C=O) groups is 1. The lowest BCUT2D eigenvalue weighted by atomic mass is 10.2. The third kappa shape index (κ3) is 6.52. The summed E-state index contributed by atoms with van der Waals surface area (Å²) in [5, 5.41) is 5.40. The Bertz CT molecular complexity index is 1280. The molecule has 2 N–H and O–H groups in total. The quantitative estimate of drug-likeness (QED) is 0.174. The summed E-state index contributed by atoms with van der Waals surface area (Å²) in [5.41, 5.74) is 6.07. The van der Waals surface area contributed by atoms with Crippen LogP contribution in [0, 0.1) is 0 Å². The van der Waals surface area contributed by atoms with Crippen molar-refractivity contribution in [2.45, 2.75) is 18.7 Å². The summed E-state index contributed by atoms with van der Waals surface area (Å²) in [6, 6.07) is 20.7. The minimum absolute atomic E-state index is 0.192. The molecular weight excluding hydrogens is 472 g/mol. The van der Waals surface area contributed by atoms with Crippen LogP contribution in [0.2, 0.25) is 5.02 Å². The number of ether oxygens (including phenoxy) is 2. The van der Waals surface area contributed by atoms with Gasteiger partial charge in [0, 0.05) is 5.02 Å². The van der Waals surface area contributed by atoms with Crippen molar-refractivity contribution < 1.29 is 14.3 Å². The largest absolute Gasteiger partial charge is 0.490 e. The number of rotatable bonds is 10.